The molecular weight excluding hydrogens is 486 g/mol. The van der Waals surface area contributed by atoms with Gasteiger partial charge in [-0.2, -0.15) is 0 Å². The first-order valence-corrected chi connectivity index (χ1v) is 9.49. The number of thiocarbonyl (C=S) groups is 1. The molecule has 1 saturated heterocycles. The monoisotopic (exact) mass is 504 g/mol. The number of anilines is 1. The number of nitrogens with one attached hydrogen (secondary N) is 1. The third-order valence-electron chi connectivity index (χ3n) is 3.25. The van der Waals surface area contributed by atoms with E-state index in [1.54, 1.807) is 20.9 Å². The molecule has 5 amide bonds. The predicted octanol–water partition coefficient (Wildman–Crippen LogP) is -0.416. The van der Waals surface area contributed by atoms with Crippen molar-refractivity contribution >= 4 is 76.0 Å². The Balaban J connectivity index is 0.000000846. The fraction of sp³-hybridized carbons (Fsp3) is 0.375. The van der Waals surface area contributed by atoms with Crippen LogP contribution in [0.1, 0.15) is 13.8 Å². The maximum absolute atomic E-state index is 12.2. The second-order valence-electron chi connectivity index (χ2n) is 5.93. The van der Waals surface area contributed by atoms with Crippen molar-refractivity contribution in [2.75, 3.05) is 25.2 Å². The number of amides is 5. The standard InChI is InChI=1S/C13H13Cl2N3O3.C3H7NOS2.K/c1-7(2)16-12(20)17-6-11(19)18(13(17)21)10-4-8(14)3-9(15)5-10;1-4(2-5)3(6)7;/h3-5,7H,6H2,1-2H3,(H,16,20);5H,2H2,1H3,(H,6,7);/q;;+1/p-1. The third kappa shape index (κ3) is 8.89. The van der Waals surface area contributed by atoms with E-state index in [9.17, 15) is 14.4 Å². The van der Waals surface area contributed by atoms with Crippen molar-refractivity contribution in [3.8, 4) is 0 Å². The number of carbonyl (C=O) groups is 3. The molecule has 0 aromatic heterocycles. The van der Waals surface area contributed by atoms with E-state index in [4.69, 9.17) is 28.3 Å². The predicted molar refractivity (Wildman–Crippen MR) is 115 cm³/mol. The normalized spacial score (nSPS) is 12.9. The number of urea groups is 2. The first-order chi connectivity index (χ1) is 13.0. The average Bonchev–Trinajstić information content (AvgIpc) is 2.87. The maximum atomic E-state index is 12.2. The van der Waals surface area contributed by atoms with Crippen molar-refractivity contribution in [1.82, 2.24) is 15.1 Å². The van der Waals surface area contributed by atoms with Gasteiger partial charge in [-0.1, -0.05) is 27.5 Å². The van der Waals surface area contributed by atoms with Crippen LogP contribution in [-0.4, -0.2) is 63.6 Å². The van der Waals surface area contributed by atoms with Gasteiger partial charge in [-0.3, -0.25) is 4.79 Å². The third-order valence-corrected chi connectivity index (χ3v) is 4.31. The quantitative estimate of drug-likeness (QED) is 0.190. The van der Waals surface area contributed by atoms with E-state index in [1.807, 2.05) is 0 Å². The van der Waals surface area contributed by atoms with Gasteiger partial charge in [0.25, 0.3) is 5.91 Å². The molecule has 13 heteroatoms. The van der Waals surface area contributed by atoms with Crippen molar-refractivity contribution in [1.29, 1.82) is 0 Å². The molecule has 0 atom stereocenters. The summed E-state index contributed by atoms with van der Waals surface area (Å²) in [4.78, 5) is 39.3. The van der Waals surface area contributed by atoms with Crippen LogP contribution in [0.2, 0.25) is 10.0 Å². The zero-order valence-electron chi connectivity index (χ0n) is 16.3. The van der Waals surface area contributed by atoms with Crippen LogP contribution in [-0.2, 0) is 17.4 Å². The Bertz CT molecular complexity index is 765. The number of halogens is 2. The number of rotatable bonds is 3. The van der Waals surface area contributed by atoms with E-state index < -0.39 is 18.0 Å². The summed E-state index contributed by atoms with van der Waals surface area (Å²) in [5, 5.41) is 11.4. The zero-order valence-corrected chi connectivity index (χ0v) is 22.6. The molecule has 1 fully saturated rings. The van der Waals surface area contributed by atoms with Crippen molar-refractivity contribution in [3.05, 3.63) is 28.2 Å². The Kier molecular flexibility index (Phi) is 13.3. The molecule has 0 aliphatic carbocycles. The number of imide groups is 2. The summed E-state index contributed by atoms with van der Waals surface area (Å²) in [6.45, 7) is 3.10. The molecule has 1 aromatic rings. The molecule has 0 unspecified atom stereocenters. The molecular formula is C16H19Cl2KN4O4S2. The molecule has 0 spiro atoms. The van der Waals surface area contributed by atoms with Crippen LogP contribution < -0.4 is 61.6 Å². The van der Waals surface area contributed by atoms with E-state index in [0.29, 0.717) is 14.4 Å². The molecule has 0 bridgehead atoms. The Labute approximate surface area is 232 Å². The first kappa shape index (κ1) is 28.9. The second kappa shape index (κ2) is 13.4. The fourth-order valence-corrected chi connectivity index (χ4v) is 2.60. The zero-order chi connectivity index (χ0) is 21.6. The van der Waals surface area contributed by atoms with Crippen LogP contribution in [0.5, 0.6) is 0 Å². The minimum Gasteiger partial charge on any atom is -0.411 e. The number of nitrogens with zero attached hydrogens (tertiary/aromatic N) is 3. The topological polar surface area (TPSA) is 93.2 Å². The molecule has 29 heavy (non-hydrogen) atoms. The van der Waals surface area contributed by atoms with Gasteiger partial charge < -0.3 is 40.2 Å². The molecule has 1 aliphatic rings. The molecule has 2 rings (SSSR count). The van der Waals surface area contributed by atoms with Gasteiger partial charge in [0.15, 0.2) is 0 Å². The van der Waals surface area contributed by atoms with Crippen LogP contribution in [0.3, 0.4) is 0 Å². The Morgan fingerprint density at radius 1 is 1.31 bits per heavy atom. The molecule has 0 saturated carbocycles. The summed E-state index contributed by atoms with van der Waals surface area (Å²) < 4.78 is 0.294. The Hall–Kier alpha value is -0.0836. The molecule has 8 nitrogen and oxygen atoms in total. The Morgan fingerprint density at radius 3 is 2.21 bits per heavy atom. The number of benzene rings is 1. The van der Waals surface area contributed by atoms with E-state index in [0.717, 1.165) is 9.80 Å². The molecule has 2 N–H and O–H groups in total. The maximum Gasteiger partial charge on any atom is 1.00 e. The number of aliphatic hydroxyl groups is 1. The van der Waals surface area contributed by atoms with Crippen LogP contribution in [0.25, 0.3) is 0 Å². The molecule has 1 heterocycles. The SMILES string of the molecule is CC(C)NC(=O)N1CC(=O)N(c2cc(Cl)cc(Cl)c2)C1=O.CN(CO)C(=S)[S-].[K+]. The largest absolute Gasteiger partial charge is 1.00 e. The second-order valence-corrected chi connectivity index (χ2v) is 7.84. The van der Waals surface area contributed by atoms with Gasteiger partial charge in [0.2, 0.25) is 0 Å². The van der Waals surface area contributed by atoms with Crippen molar-refractivity contribution in [2.45, 2.75) is 19.9 Å². The summed E-state index contributed by atoms with van der Waals surface area (Å²) in [5.41, 5.74) is 0.238. The summed E-state index contributed by atoms with van der Waals surface area (Å²) >= 11 is 20.7. The minimum atomic E-state index is -0.725. The summed E-state index contributed by atoms with van der Waals surface area (Å²) in [6.07, 6.45) is 0. The van der Waals surface area contributed by atoms with Gasteiger partial charge in [-0.15, -0.1) is 0 Å². The van der Waals surface area contributed by atoms with Crippen LogP contribution in [0, 0.1) is 0 Å². The van der Waals surface area contributed by atoms with Gasteiger partial charge in [0, 0.05) is 23.1 Å². The van der Waals surface area contributed by atoms with Gasteiger partial charge >= 0.3 is 63.4 Å². The van der Waals surface area contributed by atoms with Gasteiger partial charge in [-0.05, 0) is 32.0 Å². The summed E-state index contributed by atoms with van der Waals surface area (Å²) in [7, 11) is 1.63. The van der Waals surface area contributed by atoms with E-state index in [2.05, 4.69) is 30.2 Å². The van der Waals surface area contributed by atoms with Crippen LogP contribution >= 0.6 is 35.4 Å². The molecule has 154 valence electrons. The molecule has 1 aliphatic heterocycles. The molecule has 1 aromatic carbocycles. The minimum absolute atomic E-state index is 0. The van der Waals surface area contributed by atoms with Crippen LogP contribution in [0.4, 0.5) is 15.3 Å². The van der Waals surface area contributed by atoms with E-state index in [-0.39, 0.29) is 76.4 Å². The number of hydrogen-bond donors (Lipinski definition) is 2. The summed E-state index contributed by atoms with van der Waals surface area (Å²) in [6, 6.07) is 2.88. The smallest absolute Gasteiger partial charge is 0.411 e. The average molecular weight is 505 g/mol. The molecule has 0 radical (unpaired) electrons. The van der Waals surface area contributed by atoms with Gasteiger partial charge in [-0.25, -0.2) is 19.4 Å². The van der Waals surface area contributed by atoms with Gasteiger partial charge in [0.05, 0.1) is 5.69 Å². The van der Waals surface area contributed by atoms with Crippen molar-refractivity contribution in [2.24, 2.45) is 0 Å². The Morgan fingerprint density at radius 2 is 1.83 bits per heavy atom. The summed E-state index contributed by atoms with van der Waals surface area (Å²) in [5.74, 6) is -0.516. The fourth-order valence-electron chi connectivity index (χ4n) is 1.97. The van der Waals surface area contributed by atoms with Gasteiger partial charge in [0.1, 0.15) is 13.3 Å². The van der Waals surface area contributed by atoms with E-state index in [1.165, 1.54) is 23.1 Å². The van der Waals surface area contributed by atoms with Crippen LogP contribution in [0.15, 0.2) is 18.2 Å². The number of hydrogen-bond acceptors (Lipinski definition) is 6. The first-order valence-electron chi connectivity index (χ1n) is 7.92. The van der Waals surface area contributed by atoms with Crippen molar-refractivity contribution < 1.29 is 70.9 Å². The number of carbonyl (C=O) groups excluding carboxylic acids is 3. The van der Waals surface area contributed by atoms with Crippen molar-refractivity contribution in [3.63, 3.8) is 0 Å². The van der Waals surface area contributed by atoms with E-state index >= 15 is 0 Å². The number of aliphatic hydroxyl groups excluding tert-OH is 1.